The van der Waals surface area contributed by atoms with E-state index in [2.05, 4.69) is 27.4 Å². The van der Waals surface area contributed by atoms with Gasteiger partial charge in [-0.15, -0.1) is 0 Å². The third kappa shape index (κ3) is 4.27. The van der Waals surface area contributed by atoms with E-state index >= 15 is 0 Å². The molecule has 0 spiro atoms. The van der Waals surface area contributed by atoms with E-state index in [0.717, 1.165) is 37.1 Å². The number of amides is 2. The van der Waals surface area contributed by atoms with Crippen molar-refractivity contribution in [1.82, 2.24) is 20.0 Å². The summed E-state index contributed by atoms with van der Waals surface area (Å²) in [6.07, 6.45) is 5.10. The molecule has 0 radical (unpaired) electrons. The van der Waals surface area contributed by atoms with Crippen molar-refractivity contribution in [2.75, 3.05) is 6.54 Å². The highest BCUT2D eigenvalue weighted by Gasteiger charge is 2.50. The maximum absolute atomic E-state index is 12.7. The molecule has 2 atom stereocenters. The number of carbonyl (C=O) groups excluding carboxylic acids is 2. The summed E-state index contributed by atoms with van der Waals surface area (Å²) in [5.74, 6) is 0.311. The average molecular weight is 409 g/mol. The van der Waals surface area contributed by atoms with Crippen molar-refractivity contribution in [3.8, 4) is 0 Å². The Bertz CT molecular complexity index is 907. The minimum absolute atomic E-state index is 0.0105. The number of fused-ring (bicyclic) bond motifs is 1. The molecule has 6 heteroatoms. The van der Waals surface area contributed by atoms with Crippen LogP contribution in [0.5, 0.6) is 0 Å². The van der Waals surface area contributed by atoms with E-state index < -0.39 is 0 Å². The fraction of sp³-hybridized carbons (Fsp3) is 0.542. The van der Waals surface area contributed by atoms with Crippen molar-refractivity contribution in [3.05, 3.63) is 53.3 Å². The van der Waals surface area contributed by atoms with Gasteiger partial charge in [-0.1, -0.05) is 36.8 Å². The summed E-state index contributed by atoms with van der Waals surface area (Å²) in [7, 11) is 0. The van der Waals surface area contributed by atoms with Crippen LogP contribution < -0.4 is 5.32 Å². The van der Waals surface area contributed by atoms with Crippen LogP contribution in [0.4, 0.5) is 0 Å². The largest absolute Gasteiger partial charge is 0.355 e. The zero-order valence-electron chi connectivity index (χ0n) is 18.1. The Balaban J connectivity index is 1.38. The van der Waals surface area contributed by atoms with E-state index in [1.807, 2.05) is 42.8 Å². The van der Waals surface area contributed by atoms with Crippen LogP contribution in [0.3, 0.4) is 0 Å². The van der Waals surface area contributed by atoms with Crippen molar-refractivity contribution >= 4 is 11.8 Å². The minimum Gasteiger partial charge on any atom is -0.355 e. The van der Waals surface area contributed by atoms with Crippen LogP contribution in [0.25, 0.3) is 0 Å². The van der Waals surface area contributed by atoms with Crippen LogP contribution in [0, 0.1) is 19.3 Å². The first kappa shape index (κ1) is 20.6. The number of nitrogens with one attached hydrogen (secondary N) is 1. The summed E-state index contributed by atoms with van der Waals surface area (Å²) >= 11 is 0. The Hall–Kier alpha value is -2.63. The zero-order chi connectivity index (χ0) is 21.1. The molecule has 1 aromatic carbocycles. The molecule has 1 aliphatic heterocycles. The van der Waals surface area contributed by atoms with Crippen molar-refractivity contribution < 1.29 is 9.59 Å². The van der Waals surface area contributed by atoms with Crippen molar-refractivity contribution in [2.24, 2.45) is 5.41 Å². The van der Waals surface area contributed by atoms with E-state index in [1.165, 1.54) is 5.56 Å². The molecule has 2 amide bonds. The van der Waals surface area contributed by atoms with Gasteiger partial charge in [-0.2, -0.15) is 5.10 Å². The summed E-state index contributed by atoms with van der Waals surface area (Å²) in [5, 5.41) is 7.63. The molecule has 160 valence electrons. The minimum atomic E-state index is 0.0105. The Morgan fingerprint density at radius 2 is 2.03 bits per heavy atom. The highest BCUT2D eigenvalue weighted by atomic mass is 16.2. The van der Waals surface area contributed by atoms with Crippen molar-refractivity contribution in [2.45, 2.75) is 71.5 Å². The number of likely N-dealkylation sites (tertiary alicyclic amines) is 1. The average Bonchev–Trinajstić information content (AvgIpc) is 3.31. The fourth-order valence-corrected chi connectivity index (χ4v) is 5.32. The number of nitrogens with zero attached hydrogens (tertiary/aromatic N) is 3. The van der Waals surface area contributed by atoms with E-state index in [9.17, 15) is 9.59 Å². The lowest BCUT2D eigenvalue weighted by Crippen LogP contribution is -2.55. The van der Waals surface area contributed by atoms with Gasteiger partial charge in [0.1, 0.15) is 0 Å². The highest BCUT2D eigenvalue weighted by molar-refractivity contribution is 5.78. The predicted octanol–water partition coefficient (Wildman–Crippen LogP) is 3.37. The number of aryl methyl sites for hydroxylation is 3. The van der Waals surface area contributed by atoms with Crippen LogP contribution in [0.2, 0.25) is 0 Å². The van der Waals surface area contributed by atoms with Gasteiger partial charge in [-0.3, -0.25) is 14.3 Å². The SMILES string of the molecule is Cc1cc(C)n(CCC(=O)NC[C@@]23CCC[C@H]2N(Cc2ccccc2)C(=O)CC3)n1. The van der Waals surface area contributed by atoms with Crippen LogP contribution in [-0.2, 0) is 22.7 Å². The number of carbonyl (C=O) groups is 2. The third-order valence-electron chi connectivity index (χ3n) is 6.88. The first-order chi connectivity index (χ1) is 14.5. The van der Waals surface area contributed by atoms with Crippen LogP contribution >= 0.6 is 0 Å². The number of benzene rings is 1. The maximum atomic E-state index is 12.7. The lowest BCUT2D eigenvalue weighted by atomic mass is 9.74. The van der Waals surface area contributed by atoms with Gasteiger partial charge in [0, 0.05) is 49.6 Å². The molecule has 0 bridgehead atoms. The third-order valence-corrected chi connectivity index (χ3v) is 6.88. The molecule has 1 N–H and O–H groups in total. The molecule has 2 aliphatic rings. The van der Waals surface area contributed by atoms with Crippen LogP contribution in [0.15, 0.2) is 36.4 Å². The molecule has 1 aliphatic carbocycles. The van der Waals surface area contributed by atoms with E-state index in [4.69, 9.17) is 0 Å². The first-order valence-corrected chi connectivity index (χ1v) is 11.1. The summed E-state index contributed by atoms with van der Waals surface area (Å²) in [4.78, 5) is 27.4. The van der Waals surface area contributed by atoms with Crippen molar-refractivity contribution in [3.63, 3.8) is 0 Å². The number of piperidine rings is 1. The predicted molar refractivity (Wildman–Crippen MR) is 116 cm³/mol. The van der Waals surface area contributed by atoms with E-state index in [1.54, 1.807) is 0 Å². The smallest absolute Gasteiger partial charge is 0.223 e. The number of rotatable bonds is 7. The molecule has 2 aromatic rings. The number of aromatic nitrogens is 2. The second kappa shape index (κ2) is 8.62. The quantitative estimate of drug-likeness (QED) is 0.764. The molecule has 2 heterocycles. The molecule has 1 saturated heterocycles. The molecule has 6 nitrogen and oxygen atoms in total. The Morgan fingerprint density at radius 3 is 2.77 bits per heavy atom. The molecular formula is C24H32N4O2. The summed E-state index contributed by atoms with van der Waals surface area (Å²) in [6.45, 7) is 5.90. The Kier molecular flexibility index (Phi) is 5.93. The van der Waals surface area contributed by atoms with Gasteiger partial charge in [0.15, 0.2) is 0 Å². The van der Waals surface area contributed by atoms with Gasteiger partial charge in [0.25, 0.3) is 0 Å². The Labute approximate surface area is 178 Å². The van der Waals surface area contributed by atoms with Crippen molar-refractivity contribution in [1.29, 1.82) is 0 Å². The van der Waals surface area contributed by atoms with Crippen LogP contribution in [0.1, 0.15) is 55.5 Å². The summed E-state index contributed by atoms with van der Waals surface area (Å²) in [5.41, 5.74) is 3.24. The highest BCUT2D eigenvalue weighted by Crippen LogP contribution is 2.48. The fourth-order valence-electron chi connectivity index (χ4n) is 5.32. The summed E-state index contributed by atoms with van der Waals surface area (Å²) < 4.78 is 1.90. The monoisotopic (exact) mass is 408 g/mol. The molecule has 0 unspecified atom stereocenters. The van der Waals surface area contributed by atoms with Gasteiger partial charge >= 0.3 is 0 Å². The molecule has 1 saturated carbocycles. The first-order valence-electron chi connectivity index (χ1n) is 11.1. The number of hydrogen-bond acceptors (Lipinski definition) is 3. The summed E-state index contributed by atoms with van der Waals surface area (Å²) in [6, 6.07) is 12.5. The maximum Gasteiger partial charge on any atom is 0.223 e. The van der Waals surface area contributed by atoms with E-state index in [0.29, 0.717) is 32.5 Å². The second-order valence-electron chi connectivity index (χ2n) is 8.95. The number of hydrogen-bond donors (Lipinski definition) is 1. The van der Waals surface area contributed by atoms with Gasteiger partial charge in [-0.05, 0) is 44.7 Å². The van der Waals surface area contributed by atoms with Crippen LogP contribution in [-0.4, -0.2) is 39.1 Å². The molecule has 2 fully saturated rings. The molecular weight excluding hydrogens is 376 g/mol. The normalized spacial score (nSPS) is 23.5. The van der Waals surface area contributed by atoms with Gasteiger partial charge in [0.2, 0.25) is 11.8 Å². The van der Waals surface area contributed by atoms with Gasteiger partial charge in [0.05, 0.1) is 5.69 Å². The second-order valence-corrected chi connectivity index (χ2v) is 8.95. The Morgan fingerprint density at radius 1 is 1.23 bits per heavy atom. The molecule has 4 rings (SSSR count). The standard InChI is InChI=1S/C24H32N4O2/c1-18-15-19(2)28(26-18)14-11-22(29)25-17-24-12-6-9-21(24)27(23(30)10-13-24)16-20-7-4-3-5-8-20/h3-5,7-8,15,21H,6,9-14,16-17H2,1-2H3,(H,25,29)/t21-,24+/m1/s1. The van der Waals surface area contributed by atoms with Gasteiger partial charge in [-0.25, -0.2) is 0 Å². The lowest BCUT2D eigenvalue weighted by molar-refractivity contribution is -0.142. The zero-order valence-corrected chi connectivity index (χ0v) is 18.1. The van der Waals surface area contributed by atoms with E-state index in [-0.39, 0.29) is 23.3 Å². The molecule has 1 aromatic heterocycles. The van der Waals surface area contributed by atoms with Gasteiger partial charge < -0.3 is 10.2 Å². The molecule has 30 heavy (non-hydrogen) atoms. The lowest BCUT2D eigenvalue weighted by Gasteiger charge is -2.46. The topological polar surface area (TPSA) is 67.2 Å².